The van der Waals surface area contributed by atoms with E-state index < -0.39 is 0 Å². The fourth-order valence-corrected chi connectivity index (χ4v) is 1.76. The first-order valence-electron chi connectivity index (χ1n) is 5.87. The van der Waals surface area contributed by atoms with Crippen molar-refractivity contribution in [2.75, 3.05) is 6.61 Å². The van der Waals surface area contributed by atoms with Crippen LogP contribution in [0.4, 0.5) is 0 Å². The number of benzene rings is 1. The van der Waals surface area contributed by atoms with Crippen LogP contribution in [0.3, 0.4) is 0 Å². The summed E-state index contributed by atoms with van der Waals surface area (Å²) >= 11 is 0. The molecule has 1 heterocycles. The van der Waals surface area contributed by atoms with Crippen molar-refractivity contribution in [1.29, 1.82) is 0 Å². The fourth-order valence-electron chi connectivity index (χ4n) is 1.76. The monoisotopic (exact) mass is 246 g/mol. The third kappa shape index (κ3) is 2.59. The van der Waals surface area contributed by atoms with E-state index in [1.807, 2.05) is 6.07 Å². The molecular weight excluding hydrogens is 232 g/mol. The molecule has 94 valence electrons. The Morgan fingerprint density at radius 2 is 2.11 bits per heavy atom. The predicted octanol–water partition coefficient (Wildman–Crippen LogP) is 2.29. The molecule has 0 amide bonds. The number of hydrogen-bond donors (Lipinski definition) is 0. The molecule has 0 N–H and O–H groups in total. The topological polar surface area (TPSA) is 56.5 Å². The molecule has 0 saturated carbocycles. The van der Waals surface area contributed by atoms with Crippen molar-refractivity contribution in [3.05, 3.63) is 46.3 Å². The molecule has 1 aromatic heterocycles. The normalized spacial score (nSPS) is 10.5. The quantitative estimate of drug-likeness (QED) is 0.777. The Morgan fingerprint density at radius 3 is 2.89 bits per heavy atom. The SMILES string of the molecule is CCOC(=O)CCc1coc2ccccc2c1=O. The zero-order chi connectivity index (χ0) is 13.0. The maximum absolute atomic E-state index is 12.1. The molecular formula is C14H14O4. The summed E-state index contributed by atoms with van der Waals surface area (Å²) < 4.78 is 10.2. The summed E-state index contributed by atoms with van der Waals surface area (Å²) in [5, 5.41) is 0.541. The highest BCUT2D eigenvalue weighted by atomic mass is 16.5. The summed E-state index contributed by atoms with van der Waals surface area (Å²) in [6, 6.07) is 7.05. The molecule has 0 bridgehead atoms. The Balaban J connectivity index is 2.22. The first-order valence-corrected chi connectivity index (χ1v) is 5.87. The molecule has 0 aliphatic rings. The van der Waals surface area contributed by atoms with E-state index in [0.29, 0.717) is 29.6 Å². The molecule has 4 nitrogen and oxygen atoms in total. The summed E-state index contributed by atoms with van der Waals surface area (Å²) in [7, 11) is 0. The van der Waals surface area contributed by atoms with Gasteiger partial charge in [0.25, 0.3) is 0 Å². The van der Waals surface area contributed by atoms with Crippen LogP contribution >= 0.6 is 0 Å². The maximum atomic E-state index is 12.1. The Labute approximate surface area is 104 Å². The molecule has 4 heteroatoms. The highest BCUT2D eigenvalue weighted by molar-refractivity contribution is 5.76. The fraction of sp³-hybridized carbons (Fsp3) is 0.286. The molecule has 0 atom stereocenters. The van der Waals surface area contributed by atoms with Crippen molar-refractivity contribution < 1.29 is 13.9 Å². The molecule has 18 heavy (non-hydrogen) atoms. The van der Waals surface area contributed by atoms with Crippen LogP contribution in [0.1, 0.15) is 18.9 Å². The van der Waals surface area contributed by atoms with E-state index in [9.17, 15) is 9.59 Å². The molecule has 0 aliphatic carbocycles. The van der Waals surface area contributed by atoms with Crippen molar-refractivity contribution in [3.8, 4) is 0 Å². The van der Waals surface area contributed by atoms with Gasteiger partial charge in [0.15, 0.2) is 5.43 Å². The minimum atomic E-state index is -0.301. The maximum Gasteiger partial charge on any atom is 0.306 e. The lowest BCUT2D eigenvalue weighted by Gasteiger charge is -2.02. The minimum Gasteiger partial charge on any atom is -0.466 e. The number of carbonyl (C=O) groups excluding carboxylic acids is 1. The van der Waals surface area contributed by atoms with E-state index in [-0.39, 0.29) is 17.8 Å². The third-order valence-corrected chi connectivity index (χ3v) is 2.66. The van der Waals surface area contributed by atoms with Crippen LogP contribution in [0.2, 0.25) is 0 Å². The Morgan fingerprint density at radius 1 is 1.33 bits per heavy atom. The number of ether oxygens (including phenoxy) is 1. The summed E-state index contributed by atoms with van der Waals surface area (Å²) in [5.41, 5.74) is 0.977. The second-order valence-corrected chi connectivity index (χ2v) is 3.89. The van der Waals surface area contributed by atoms with E-state index in [2.05, 4.69) is 0 Å². The number of esters is 1. The summed E-state index contributed by atoms with van der Waals surface area (Å²) in [4.78, 5) is 23.3. The van der Waals surface area contributed by atoms with Gasteiger partial charge in [-0.25, -0.2) is 0 Å². The predicted molar refractivity (Wildman–Crippen MR) is 67.4 cm³/mol. The lowest BCUT2D eigenvalue weighted by molar-refractivity contribution is -0.143. The van der Waals surface area contributed by atoms with Crippen molar-refractivity contribution in [3.63, 3.8) is 0 Å². The van der Waals surface area contributed by atoms with Crippen molar-refractivity contribution in [2.24, 2.45) is 0 Å². The second-order valence-electron chi connectivity index (χ2n) is 3.89. The van der Waals surface area contributed by atoms with Crippen LogP contribution < -0.4 is 5.43 Å². The number of fused-ring (bicyclic) bond motifs is 1. The van der Waals surface area contributed by atoms with Gasteiger partial charge >= 0.3 is 5.97 Å². The van der Waals surface area contributed by atoms with E-state index in [1.54, 1.807) is 25.1 Å². The van der Waals surface area contributed by atoms with Gasteiger partial charge < -0.3 is 9.15 Å². The zero-order valence-corrected chi connectivity index (χ0v) is 10.1. The number of carbonyl (C=O) groups is 1. The minimum absolute atomic E-state index is 0.0823. The van der Waals surface area contributed by atoms with Crippen LogP contribution in [0.5, 0.6) is 0 Å². The van der Waals surface area contributed by atoms with Crippen LogP contribution in [0.15, 0.2) is 39.7 Å². The molecule has 0 radical (unpaired) electrons. The number of para-hydroxylation sites is 1. The van der Waals surface area contributed by atoms with Gasteiger partial charge in [0.1, 0.15) is 5.58 Å². The largest absolute Gasteiger partial charge is 0.466 e. The zero-order valence-electron chi connectivity index (χ0n) is 10.1. The smallest absolute Gasteiger partial charge is 0.306 e. The highest BCUT2D eigenvalue weighted by Crippen LogP contribution is 2.11. The molecule has 1 aromatic carbocycles. The van der Waals surface area contributed by atoms with Gasteiger partial charge in [-0.2, -0.15) is 0 Å². The molecule has 0 spiro atoms. The highest BCUT2D eigenvalue weighted by Gasteiger charge is 2.09. The number of aryl methyl sites for hydroxylation is 1. The van der Waals surface area contributed by atoms with Crippen molar-refractivity contribution in [2.45, 2.75) is 19.8 Å². The third-order valence-electron chi connectivity index (χ3n) is 2.66. The molecule has 0 saturated heterocycles. The average Bonchev–Trinajstić information content (AvgIpc) is 2.39. The van der Waals surface area contributed by atoms with Crippen LogP contribution in [0, 0.1) is 0 Å². The van der Waals surface area contributed by atoms with Gasteiger partial charge in [-0.05, 0) is 25.5 Å². The molecule has 2 aromatic rings. The standard InChI is InChI=1S/C14H14O4/c1-2-17-13(15)8-7-10-9-18-12-6-4-3-5-11(12)14(10)16/h3-6,9H,2,7-8H2,1H3. The van der Waals surface area contributed by atoms with Crippen molar-refractivity contribution >= 4 is 16.9 Å². The van der Waals surface area contributed by atoms with Gasteiger partial charge in [0.2, 0.25) is 0 Å². The first kappa shape index (κ1) is 12.4. The Bertz CT molecular complexity index is 612. The Kier molecular flexibility index (Phi) is 3.77. The van der Waals surface area contributed by atoms with E-state index in [0.717, 1.165) is 0 Å². The van der Waals surface area contributed by atoms with Gasteiger partial charge in [-0.1, -0.05) is 12.1 Å². The van der Waals surface area contributed by atoms with Crippen LogP contribution in [-0.4, -0.2) is 12.6 Å². The summed E-state index contributed by atoms with van der Waals surface area (Å²) in [6.45, 7) is 2.10. The van der Waals surface area contributed by atoms with Gasteiger partial charge in [0, 0.05) is 12.0 Å². The summed E-state index contributed by atoms with van der Waals surface area (Å²) in [6.07, 6.45) is 1.95. The number of hydrogen-bond acceptors (Lipinski definition) is 4. The van der Waals surface area contributed by atoms with Crippen LogP contribution in [0.25, 0.3) is 11.0 Å². The van der Waals surface area contributed by atoms with E-state index in [1.165, 1.54) is 6.26 Å². The number of rotatable bonds is 4. The second kappa shape index (κ2) is 5.49. The van der Waals surface area contributed by atoms with Crippen molar-refractivity contribution in [1.82, 2.24) is 0 Å². The van der Waals surface area contributed by atoms with Gasteiger partial charge in [-0.15, -0.1) is 0 Å². The van der Waals surface area contributed by atoms with Gasteiger partial charge in [0.05, 0.1) is 18.3 Å². The lowest BCUT2D eigenvalue weighted by atomic mass is 10.1. The summed E-state index contributed by atoms with van der Waals surface area (Å²) in [5.74, 6) is -0.301. The van der Waals surface area contributed by atoms with Crippen LogP contribution in [-0.2, 0) is 16.0 Å². The molecule has 0 fully saturated rings. The lowest BCUT2D eigenvalue weighted by Crippen LogP contribution is -2.12. The molecule has 0 unspecified atom stereocenters. The molecule has 2 rings (SSSR count). The first-order chi connectivity index (χ1) is 8.72. The van der Waals surface area contributed by atoms with E-state index >= 15 is 0 Å². The Hall–Kier alpha value is -2.10. The average molecular weight is 246 g/mol. The van der Waals surface area contributed by atoms with Gasteiger partial charge in [-0.3, -0.25) is 9.59 Å². The molecule has 0 aliphatic heterocycles. The van der Waals surface area contributed by atoms with E-state index in [4.69, 9.17) is 9.15 Å².